The number of carboxylic acids is 1. The van der Waals surface area contributed by atoms with Crippen molar-refractivity contribution in [2.24, 2.45) is 0 Å². The van der Waals surface area contributed by atoms with Crippen LogP contribution in [0, 0.1) is 5.82 Å². The SMILES string of the molecule is O=C(/C=C/c1c(-n2cnnn2)ccc(Cl)c1F)NC(CC(=O)N1CCCCC1)C(=O)Nc1ccc(C(=O)O)cc1. The van der Waals surface area contributed by atoms with Gasteiger partial charge in [0, 0.05) is 30.4 Å². The summed E-state index contributed by atoms with van der Waals surface area (Å²) in [6.07, 6.45) is 5.82. The molecule has 1 aliphatic heterocycles. The number of nitrogens with one attached hydrogen (secondary N) is 2. The molecule has 1 saturated heterocycles. The number of carbonyl (C=O) groups excluding carboxylic acids is 3. The summed E-state index contributed by atoms with van der Waals surface area (Å²) >= 11 is 5.93. The molecule has 0 radical (unpaired) electrons. The van der Waals surface area contributed by atoms with Crippen molar-refractivity contribution in [1.82, 2.24) is 30.4 Å². The van der Waals surface area contributed by atoms with Gasteiger partial charge in [-0.15, -0.1) is 5.10 Å². The number of carboxylic acid groups (broad SMARTS) is 1. The molecule has 0 spiro atoms. The number of benzene rings is 2. The lowest BCUT2D eigenvalue weighted by Gasteiger charge is -2.28. The van der Waals surface area contributed by atoms with Crippen LogP contribution in [0.2, 0.25) is 5.02 Å². The van der Waals surface area contributed by atoms with Crippen LogP contribution in [0.4, 0.5) is 10.1 Å². The monoisotopic (exact) mass is 569 g/mol. The quantitative estimate of drug-likeness (QED) is 0.332. The largest absolute Gasteiger partial charge is 0.478 e. The van der Waals surface area contributed by atoms with Crippen LogP contribution in [-0.4, -0.2) is 73.0 Å². The second-order valence-electron chi connectivity index (χ2n) is 8.96. The van der Waals surface area contributed by atoms with Crippen molar-refractivity contribution in [3.05, 3.63) is 70.8 Å². The van der Waals surface area contributed by atoms with Gasteiger partial charge in [-0.25, -0.2) is 9.18 Å². The van der Waals surface area contributed by atoms with Gasteiger partial charge < -0.3 is 20.6 Å². The van der Waals surface area contributed by atoms with Crippen molar-refractivity contribution >= 4 is 47.1 Å². The van der Waals surface area contributed by atoms with E-state index in [9.17, 15) is 23.6 Å². The van der Waals surface area contributed by atoms with Crippen molar-refractivity contribution in [2.45, 2.75) is 31.7 Å². The number of rotatable bonds is 9. The molecule has 12 nitrogen and oxygen atoms in total. The van der Waals surface area contributed by atoms with Gasteiger partial charge in [-0.1, -0.05) is 11.6 Å². The van der Waals surface area contributed by atoms with E-state index in [1.807, 2.05) is 0 Å². The average Bonchev–Trinajstić information content (AvgIpc) is 3.49. The molecule has 3 aromatic rings. The number of tetrazole rings is 1. The number of nitrogens with zero attached hydrogens (tertiary/aromatic N) is 5. The molecule has 1 aromatic heterocycles. The third kappa shape index (κ3) is 7.05. The van der Waals surface area contributed by atoms with Crippen LogP contribution in [0.5, 0.6) is 0 Å². The Morgan fingerprint density at radius 3 is 2.45 bits per heavy atom. The predicted octanol–water partition coefficient (Wildman–Crippen LogP) is 2.69. The number of carbonyl (C=O) groups is 4. The maximum Gasteiger partial charge on any atom is 0.335 e. The smallest absolute Gasteiger partial charge is 0.335 e. The Labute approximate surface area is 232 Å². The van der Waals surface area contributed by atoms with Crippen LogP contribution in [-0.2, 0) is 14.4 Å². The van der Waals surface area contributed by atoms with E-state index in [1.165, 1.54) is 53.5 Å². The predicted molar refractivity (Wildman–Crippen MR) is 142 cm³/mol. The highest BCUT2D eigenvalue weighted by Gasteiger charge is 2.27. The number of halogens is 2. The number of piperidine rings is 1. The van der Waals surface area contributed by atoms with Crippen LogP contribution in [0.25, 0.3) is 11.8 Å². The Hall–Kier alpha value is -4.65. The van der Waals surface area contributed by atoms with Gasteiger partial charge in [0.2, 0.25) is 17.7 Å². The Kier molecular flexibility index (Phi) is 9.17. The lowest BCUT2D eigenvalue weighted by atomic mass is 10.1. The topological polar surface area (TPSA) is 159 Å². The second-order valence-corrected chi connectivity index (χ2v) is 9.37. The van der Waals surface area contributed by atoms with Gasteiger partial charge in [-0.05, 0) is 72.2 Å². The molecule has 3 amide bonds. The first kappa shape index (κ1) is 28.4. The van der Waals surface area contributed by atoms with E-state index in [1.54, 1.807) is 4.90 Å². The van der Waals surface area contributed by atoms with E-state index in [0.717, 1.165) is 25.3 Å². The minimum absolute atomic E-state index is 0.0301. The van der Waals surface area contributed by atoms with Gasteiger partial charge in [-0.3, -0.25) is 14.4 Å². The molecule has 0 bridgehead atoms. The fourth-order valence-corrected chi connectivity index (χ4v) is 4.31. The highest BCUT2D eigenvalue weighted by Crippen LogP contribution is 2.25. The molecule has 208 valence electrons. The first-order valence-electron chi connectivity index (χ1n) is 12.3. The van der Waals surface area contributed by atoms with Crippen molar-refractivity contribution in [3.8, 4) is 5.69 Å². The Morgan fingerprint density at radius 1 is 1.07 bits per heavy atom. The zero-order valence-electron chi connectivity index (χ0n) is 21.1. The van der Waals surface area contributed by atoms with E-state index >= 15 is 0 Å². The van der Waals surface area contributed by atoms with E-state index in [0.29, 0.717) is 13.1 Å². The molecule has 40 heavy (non-hydrogen) atoms. The number of anilines is 1. The van der Waals surface area contributed by atoms with Gasteiger partial charge in [0.05, 0.1) is 22.7 Å². The first-order chi connectivity index (χ1) is 19.2. The van der Waals surface area contributed by atoms with Gasteiger partial charge in [0.1, 0.15) is 12.4 Å². The zero-order chi connectivity index (χ0) is 28.6. The van der Waals surface area contributed by atoms with Crippen molar-refractivity contribution in [1.29, 1.82) is 0 Å². The van der Waals surface area contributed by atoms with E-state index in [4.69, 9.17) is 16.7 Å². The Bertz CT molecular complexity index is 1420. The van der Waals surface area contributed by atoms with Crippen molar-refractivity contribution in [3.63, 3.8) is 0 Å². The molecular weight excluding hydrogens is 545 g/mol. The highest BCUT2D eigenvalue weighted by atomic mass is 35.5. The number of hydrogen-bond donors (Lipinski definition) is 3. The molecule has 1 unspecified atom stereocenters. The molecule has 4 rings (SSSR count). The van der Waals surface area contributed by atoms with E-state index in [-0.39, 0.29) is 39.9 Å². The summed E-state index contributed by atoms with van der Waals surface area (Å²) < 4.78 is 16.0. The molecule has 14 heteroatoms. The van der Waals surface area contributed by atoms with Gasteiger partial charge >= 0.3 is 5.97 Å². The van der Waals surface area contributed by atoms with Gasteiger partial charge in [0.25, 0.3) is 0 Å². The van der Waals surface area contributed by atoms with Crippen LogP contribution in [0.1, 0.15) is 41.6 Å². The molecule has 2 aromatic carbocycles. The minimum Gasteiger partial charge on any atom is -0.478 e. The van der Waals surface area contributed by atoms with E-state index in [2.05, 4.69) is 26.2 Å². The Morgan fingerprint density at radius 2 is 1.80 bits per heavy atom. The molecule has 1 aliphatic rings. The summed E-state index contributed by atoms with van der Waals surface area (Å²) in [5.41, 5.74) is 0.457. The molecule has 0 saturated carbocycles. The lowest BCUT2D eigenvalue weighted by molar-refractivity contribution is -0.135. The van der Waals surface area contributed by atoms with Crippen LogP contribution in [0.3, 0.4) is 0 Å². The second kappa shape index (κ2) is 12.9. The summed E-state index contributed by atoms with van der Waals surface area (Å²) in [6, 6.07) is 6.95. The minimum atomic E-state index is -1.27. The summed E-state index contributed by atoms with van der Waals surface area (Å²) in [5, 5.41) is 24.8. The third-order valence-electron chi connectivity index (χ3n) is 6.23. The molecular formula is C26H25ClFN7O5. The standard InChI is InChI=1S/C26H25ClFN7O5/c27-19-9-10-21(35-15-29-32-33-35)18(24(19)28)8-11-22(36)31-20(14-23(37)34-12-2-1-3-13-34)25(38)30-17-6-4-16(5-7-17)26(39)40/h4-11,15,20H,1-3,12-14H2,(H,30,38)(H,31,36)(H,39,40)/b11-8+. The molecule has 1 fully saturated rings. The highest BCUT2D eigenvalue weighted by molar-refractivity contribution is 6.31. The van der Waals surface area contributed by atoms with E-state index < -0.39 is 29.6 Å². The number of aromatic carboxylic acids is 1. The maximum atomic E-state index is 14.8. The molecule has 0 aliphatic carbocycles. The van der Waals surface area contributed by atoms with Crippen LogP contribution >= 0.6 is 11.6 Å². The zero-order valence-corrected chi connectivity index (χ0v) is 21.8. The van der Waals surface area contributed by atoms with Crippen LogP contribution < -0.4 is 10.6 Å². The van der Waals surface area contributed by atoms with Gasteiger partial charge in [0.15, 0.2) is 5.82 Å². The number of likely N-dealkylation sites (tertiary alicyclic amines) is 1. The summed E-state index contributed by atoms with van der Waals surface area (Å²) in [6.45, 7) is 1.12. The normalized spacial score (nSPS) is 14.1. The molecule has 2 heterocycles. The van der Waals surface area contributed by atoms with Crippen LogP contribution in [0.15, 0.2) is 48.8 Å². The number of aromatic nitrogens is 4. The fourth-order valence-electron chi connectivity index (χ4n) is 4.15. The number of amides is 3. The Balaban J connectivity index is 1.53. The summed E-state index contributed by atoms with van der Waals surface area (Å²) in [7, 11) is 0. The maximum absolute atomic E-state index is 14.8. The van der Waals surface area contributed by atoms with Crippen molar-refractivity contribution in [2.75, 3.05) is 18.4 Å². The summed E-state index contributed by atoms with van der Waals surface area (Å²) in [4.78, 5) is 51.7. The molecule has 3 N–H and O–H groups in total. The summed E-state index contributed by atoms with van der Waals surface area (Å²) in [5.74, 6) is -3.68. The van der Waals surface area contributed by atoms with Crippen molar-refractivity contribution < 1.29 is 28.7 Å². The average molecular weight is 570 g/mol. The number of hydrogen-bond acceptors (Lipinski definition) is 7. The first-order valence-corrected chi connectivity index (χ1v) is 12.7. The fraction of sp³-hybridized carbons (Fsp3) is 0.269. The third-order valence-corrected chi connectivity index (χ3v) is 6.52. The molecule has 1 atom stereocenters. The van der Waals surface area contributed by atoms with Gasteiger partial charge in [-0.2, -0.15) is 4.68 Å². The lowest BCUT2D eigenvalue weighted by Crippen LogP contribution is -2.47.